The van der Waals surface area contributed by atoms with Crippen molar-refractivity contribution in [3.05, 3.63) is 33.7 Å². The summed E-state index contributed by atoms with van der Waals surface area (Å²) in [6, 6.07) is 5.00. The van der Waals surface area contributed by atoms with E-state index in [0.717, 1.165) is 0 Å². The molecule has 2 N–H and O–H groups in total. The Morgan fingerprint density at radius 2 is 1.94 bits per heavy atom. The zero-order chi connectivity index (χ0) is 23.1. The van der Waals surface area contributed by atoms with Crippen molar-refractivity contribution in [1.82, 2.24) is 14.1 Å². The summed E-state index contributed by atoms with van der Waals surface area (Å²) in [6.07, 6.45) is 2.48. The smallest absolute Gasteiger partial charge is 0.243 e. The number of halogens is 2. The maximum Gasteiger partial charge on any atom is 0.243 e. The number of nitrogens with zero attached hydrogens (tertiary/aromatic N) is 3. The second-order valence-corrected chi connectivity index (χ2v) is 11.0. The molecular weight excluding hydrogens is 491 g/mol. The van der Waals surface area contributed by atoms with Gasteiger partial charge in [-0.25, -0.2) is 8.42 Å². The SMILES string of the molecule is CC(=N)N1CCC(O)(CN2CCN(S(=O)(=O)C3=Cc4ccc(Cl)cc4OC3)CC2=O)CC1.Cl. The molecule has 0 unspecified atom stereocenters. The van der Waals surface area contributed by atoms with Gasteiger partial charge in [-0.05, 0) is 44.0 Å². The molecule has 0 saturated carbocycles. The van der Waals surface area contributed by atoms with Gasteiger partial charge < -0.3 is 19.6 Å². The minimum atomic E-state index is -3.86. The van der Waals surface area contributed by atoms with Gasteiger partial charge in [0.1, 0.15) is 12.4 Å². The lowest BCUT2D eigenvalue weighted by molar-refractivity contribution is -0.139. The Balaban J connectivity index is 0.00000306. The van der Waals surface area contributed by atoms with Gasteiger partial charge in [-0.2, -0.15) is 4.31 Å². The standard InChI is InChI=1S/C21H27ClN4O5S.ClH/c1-15(23)24-6-4-21(28,5-7-24)14-25-8-9-26(12-20(25)27)32(29,30)18-10-16-2-3-17(22)11-19(16)31-13-18;/h2-3,10-11,23,28H,4-9,12-14H2,1H3;1H. The number of hydrogen-bond donors (Lipinski definition) is 2. The summed E-state index contributed by atoms with van der Waals surface area (Å²) in [5.41, 5.74) is -0.397. The van der Waals surface area contributed by atoms with Crippen molar-refractivity contribution in [2.24, 2.45) is 0 Å². The highest BCUT2D eigenvalue weighted by Crippen LogP contribution is 2.32. The first kappa shape index (κ1) is 25.8. The highest BCUT2D eigenvalue weighted by molar-refractivity contribution is 7.93. The molecule has 0 spiro atoms. The molecule has 182 valence electrons. The Bertz CT molecular complexity index is 1070. The van der Waals surface area contributed by atoms with Crippen molar-refractivity contribution in [2.75, 3.05) is 45.9 Å². The Morgan fingerprint density at radius 3 is 2.58 bits per heavy atom. The maximum atomic E-state index is 13.1. The first-order chi connectivity index (χ1) is 15.1. The Hall–Kier alpha value is -1.85. The maximum absolute atomic E-state index is 13.1. The number of carbonyl (C=O) groups is 1. The fraction of sp³-hybridized carbons (Fsp3) is 0.524. The quantitative estimate of drug-likeness (QED) is 0.463. The van der Waals surface area contributed by atoms with E-state index >= 15 is 0 Å². The van der Waals surface area contributed by atoms with Gasteiger partial charge in [0.2, 0.25) is 15.9 Å². The van der Waals surface area contributed by atoms with E-state index in [4.69, 9.17) is 21.7 Å². The molecule has 0 aromatic heterocycles. The third-order valence-corrected chi connectivity index (χ3v) is 8.40. The monoisotopic (exact) mass is 518 g/mol. The number of piperidine rings is 1. The molecule has 12 heteroatoms. The van der Waals surface area contributed by atoms with Crippen LogP contribution in [0.15, 0.2) is 23.1 Å². The lowest BCUT2D eigenvalue weighted by atomic mass is 9.90. The minimum absolute atomic E-state index is 0. The van der Waals surface area contributed by atoms with Crippen molar-refractivity contribution >= 4 is 51.9 Å². The van der Waals surface area contributed by atoms with Crippen LogP contribution in [-0.2, 0) is 14.8 Å². The number of amides is 1. The second kappa shape index (κ2) is 9.79. The van der Waals surface area contributed by atoms with Gasteiger partial charge >= 0.3 is 0 Å². The van der Waals surface area contributed by atoms with Crippen LogP contribution in [0.5, 0.6) is 5.75 Å². The highest BCUT2D eigenvalue weighted by atomic mass is 35.5. The number of likely N-dealkylation sites (tertiary alicyclic amines) is 1. The lowest BCUT2D eigenvalue weighted by Gasteiger charge is -2.43. The number of piperazine rings is 1. The first-order valence-corrected chi connectivity index (χ1v) is 12.3. The van der Waals surface area contributed by atoms with Crippen molar-refractivity contribution in [1.29, 1.82) is 5.41 Å². The molecule has 0 aliphatic carbocycles. The van der Waals surface area contributed by atoms with Gasteiger partial charge in [0.05, 0.1) is 22.9 Å². The molecule has 9 nitrogen and oxygen atoms in total. The molecule has 3 aliphatic rings. The summed E-state index contributed by atoms with van der Waals surface area (Å²) < 4.78 is 33.0. The summed E-state index contributed by atoms with van der Waals surface area (Å²) in [7, 11) is -3.86. The van der Waals surface area contributed by atoms with E-state index in [-0.39, 0.29) is 56.0 Å². The third kappa shape index (κ3) is 5.46. The highest BCUT2D eigenvalue weighted by Gasteiger charge is 2.40. The van der Waals surface area contributed by atoms with E-state index < -0.39 is 15.6 Å². The minimum Gasteiger partial charge on any atom is -0.487 e. The van der Waals surface area contributed by atoms with Crippen LogP contribution in [0.3, 0.4) is 0 Å². The van der Waals surface area contributed by atoms with E-state index in [9.17, 15) is 18.3 Å². The number of fused-ring (bicyclic) bond motifs is 1. The molecular formula is C21H28Cl2N4O5S. The Labute approximate surface area is 204 Å². The average Bonchev–Trinajstić information content (AvgIpc) is 2.74. The van der Waals surface area contributed by atoms with Crippen molar-refractivity contribution < 1.29 is 23.1 Å². The van der Waals surface area contributed by atoms with Crippen LogP contribution in [0.25, 0.3) is 6.08 Å². The molecule has 33 heavy (non-hydrogen) atoms. The number of sulfonamides is 1. The van der Waals surface area contributed by atoms with Crippen molar-refractivity contribution in [2.45, 2.75) is 25.4 Å². The van der Waals surface area contributed by atoms with Crippen molar-refractivity contribution in [3.63, 3.8) is 0 Å². The van der Waals surface area contributed by atoms with Gasteiger partial charge in [0.25, 0.3) is 0 Å². The number of hydrogen-bond acceptors (Lipinski definition) is 6. The van der Waals surface area contributed by atoms with Crippen LogP contribution in [0, 0.1) is 5.41 Å². The number of β-amino-alcohol motifs (C(OH)–C–C–N with tert-alkyl or cyclic N) is 1. The van der Waals surface area contributed by atoms with Crippen LogP contribution in [0.2, 0.25) is 5.02 Å². The fourth-order valence-corrected chi connectivity index (χ4v) is 5.84. The number of carbonyl (C=O) groups excluding carboxylic acids is 1. The number of aliphatic hydroxyl groups is 1. The molecule has 1 aromatic rings. The zero-order valence-electron chi connectivity index (χ0n) is 18.3. The normalized spacial score (nSPS) is 20.9. The van der Waals surface area contributed by atoms with Gasteiger partial charge in [0, 0.05) is 43.3 Å². The van der Waals surface area contributed by atoms with Crippen LogP contribution in [0.1, 0.15) is 25.3 Å². The molecule has 3 heterocycles. The van der Waals surface area contributed by atoms with E-state index in [1.807, 2.05) is 4.90 Å². The van der Waals surface area contributed by atoms with E-state index in [0.29, 0.717) is 48.1 Å². The van der Waals surface area contributed by atoms with Crippen LogP contribution < -0.4 is 4.74 Å². The van der Waals surface area contributed by atoms with Crippen LogP contribution >= 0.6 is 24.0 Å². The number of ether oxygens (including phenoxy) is 1. The summed E-state index contributed by atoms with van der Waals surface area (Å²) >= 11 is 5.96. The predicted molar refractivity (Wildman–Crippen MR) is 128 cm³/mol. The zero-order valence-corrected chi connectivity index (χ0v) is 20.7. The molecule has 2 saturated heterocycles. The Morgan fingerprint density at radius 1 is 1.24 bits per heavy atom. The molecule has 0 bridgehead atoms. The van der Waals surface area contributed by atoms with E-state index in [1.165, 1.54) is 4.31 Å². The Kier molecular flexibility index (Phi) is 7.65. The summed E-state index contributed by atoms with van der Waals surface area (Å²) in [6.45, 7) is 3.00. The fourth-order valence-electron chi connectivity index (χ4n) is 4.26. The van der Waals surface area contributed by atoms with Crippen LogP contribution in [-0.4, -0.2) is 90.8 Å². The molecule has 4 rings (SSSR count). The number of amidine groups is 1. The van der Waals surface area contributed by atoms with E-state index in [2.05, 4.69) is 0 Å². The predicted octanol–water partition coefficient (Wildman–Crippen LogP) is 1.79. The number of nitrogens with one attached hydrogen (secondary N) is 1. The van der Waals surface area contributed by atoms with Gasteiger partial charge in [-0.3, -0.25) is 10.2 Å². The average molecular weight is 519 g/mol. The van der Waals surface area contributed by atoms with Gasteiger partial charge in [0.15, 0.2) is 0 Å². The molecule has 2 fully saturated rings. The number of benzene rings is 1. The summed E-state index contributed by atoms with van der Waals surface area (Å²) in [4.78, 5) is 16.3. The van der Waals surface area contributed by atoms with E-state index in [1.54, 1.807) is 36.1 Å². The molecule has 1 amide bonds. The van der Waals surface area contributed by atoms with Crippen LogP contribution in [0.4, 0.5) is 0 Å². The van der Waals surface area contributed by atoms with Crippen molar-refractivity contribution in [3.8, 4) is 5.75 Å². The van der Waals surface area contributed by atoms with Gasteiger partial charge in [-0.15, -0.1) is 12.4 Å². The summed E-state index contributed by atoms with van der Waals surface area (Å²) in [5, 5.41) is 19.1. The molecule has 0 radical (unpaired) electrons. The molecule has 3 aliphatic heterocycles. The topological polar surface area (TPSA) is 114 Å². The number of rotatable bonds is 4. The molecule has 1 aromatic carbocycles. The lowest BCUT2D eigenvalue weighted by Crippen LogP contribution is -2.58. The van der Waals surface area contributed by atoms with Gasteiger partial charge in [-0.1, -0.05) is 11.6 Å². The molecule has 0 atom stereocenters. The first-order valence-electron chi connectivity index (χ1n) is 10.5. The largest absolute Gasteiger partial charge is 0.487 e. The summed E-state index contributed by atoms with van der Waals surface area (Å²) in [5.74, 6) is 0.659. The third-order valence-electron chi connectivity index (χ3n) is 6.27. The second-order valence-electron chi connectivity index (χ2n) is 8.53.